The van der Waals surface area contributed by atoms with Crippen molar-refractivity contribution < 1.29 is 40.0 Å². The van der Waals surface area contributed by atoms with Crippen molar-refractivity contribution >= 4 is 23.2 Å². The Morgan fingerprint density at radius 2 is 1.82 bits per heavy atom. The van der Waals surface area contributed by atoms with Crippen molar-refractivity contribution in [2.45, 2.75) is 30.5 Å². The Bertz CT molecular complexity index is 1190. The van der Waals surface area contributed by atoms with Gasteiger partial charge in [-0.1, -0.05) is 19.1 Å². The topological polar surface area (TPSA) is 192 Å². The van der Waals surface area contributed by atoms with Crippen molar-refractivity contribution in [2.75, 3.05) is 14.1 Å². The lowest BCUT2D eigenvalue weighted by Crippen LogP contribution is -2.86. The number of phenolic OH excluding ortho intramolecular Hbond substituents is 1. The summed E-state index contributed by atoms with van der Waals surface area (Å²) < 4.78 is 0. The number of phenols is 1. The quantitative estimate of drug-likeness (QED) is 0.288. The molecule has 0 saturated heterocycles. The average Bonchev–Trinajstić information content (AvgIpc) is 2.73. The van der Waals surface area contributed by atoms with Crippen LogP contribution in [-0.2, 0) is 14.4 Å². The van der Waals surface area contributed by atoms with Crippen molar-refractivity contribution in [3.63, 3.8) is 0 Å². The number of carbonyl (C=O) groups excluding carboxylic acids is 3. The maximum Gasteiger partial charge on any atom is 0.255 e. The fraction of sp³-hybridized carbons (Fsp3) is 0.409. The van der Waals surface area contributed by atoms with Crippen LogP contribution in [0.1, 0.15) is 24.0 Å². The summed E-state index contributed by atoms with van der Waals surface area (Å²) in [6.45, 7) is 1.68. The van der Waals surface area contributed by atoms with E-state index in [9.17, 15) is 39.7 Å². The summed E-state index contributed by atoms with van der Waals surface area (Å²) in [4.78, 5) is 52.5. The molecule has 1 fully saturated rings. The van der Waals surface area contributed by atoms with Gasteiger partial charge in [-0.15, -0.1) is 0 Å². The van der Waals surface area contributed by atoms with E-state index in [4.69, 9.17) is 5.73 Å². The van der Waals surface area contributed by atoms with Gasteiger partial charge in [0.15, 0.2) is 11.4 Å². The second-order valence-corrected chi connectivity index (χ2v) is 8.94. The van der Waals surface area contributed by atoms with Gasteiger partial charge >= 0.3 is 0 Å². The number of nitroso groups, excluding NO2 is 1. The van der Waals surface area contributed by atoms with Gasteiger partial charge in [0, 0.05) is 4.91 Å². The number of Topliss-reactive ketones (excluding diaryl/α,β-unsaturated/α-hetero) is 2. The highest BCUT2D eigenvalue weighted by Gasteiger charge is 2.71. The predicted molar refractivity (Wildman–Crippen MR) is 112 cm³/mol. The predicted octanol–water partition coefficient (Wildman–Crippen LogP) is -1.65. The molecule has 0 radical (unpaired) electrons. The molecular weight excluding hydrogens is 434 g/mol. The number of rotatable bonds is 3. The molecule has 11 nitrogen and oxygen atoms in total. The number of nitrogens with one attached hydrogen (secondary N) is 1. The minimum atomic E-state index is -2.91. The molecule has 11 heteroatoms. The summed E-state index contributed by atoms with van der Waals surface area (Å²) in [6, 6.07) is 1.76. The van der Waals surface area contributed by atoms with Crippen LogP contribution in [-0.4, -0.2) is 74.6 Å². The number of fused-ring (bicyclic) bond motifs is 3. The Balaban J connectivity index is 2.11. The third kappa shape index (κ3) is 2.66. The van der Waals surface area contributed by atoms with E-state index in [2.05, 4.69) is 0 Å². The van der Waals surface area contributed by atoms with Crippen LogP contribution in [0.4, 0.5) is 0 Å². The van der Waals surface area contributed by atoms with Crippen molar-refractivity contribution in [3.05, 3.63) is 51.1 Å². The van der Waals surface area contributed by atoms with Gasteiger partial charge in [-0.25, -0.2) is 0 Å². The maximum absolute atomic E-state index is 13.8. The second kappa shape index (κ2) is 7.22. The van der Waals surface area contributed by atoms with Crippen molar-refractivity contribution in [1.82, 2.24) is 4.90 Å². The van der Waals surface area contributed by atoms with Gasteiger partial charge in [-0.05, 0) is 36.8 Å². The fourth-order valence-electron chi connectivity index (χ4n) is 5.77. The summed E-state index contributed by atoms with van der Waals surface area (Å²) >= 11 is 0. The molecule has 0 bridgehead atoms. The number of aliphatic hydroxyl groups is 3. The largest absolute Gasteiger partial charge is 0.508 e. The zero-order valence-corrected chi connectivity index (χ0v) is 18.1. The molecule has 1 aromatic carbocycles. The van der Waals surface area contributed by atoms with Crippen LogP contribution < -0.4 is 10.9 Å². The van der Waals surface area contributed by atoms with Gasteiger partial charge in [-0.3, -0.25) is 19.3 Å². The van der Waals surface area contributed by atoms with Crippen LogP contribution in [0.15, 0.2) is 35.1 Å². The van der Waals surface area contributed by atoms with E-state index in [1.54, 1.807) is 19.1 Å². The minimum Gasteiger partial charge on any atom is -0.508 e. The highest BCUT2D eigenvalue weighted by atomic mass is 16.3. The Morgan fingerprint density at radius 1 is 1.18 bits per heavy atom. The van der Waals surface area contributed by atoms with E-state index in [1.165, 1.54) is 25.1 Å². The lowest BCUT2D eigenvalue weighted by atomic mass is 9.53. The molecule has 1 aromatic rings. The van der Waals surface area contributed by atoms with Crippen LogP contribution in [0.2, 0.25) is 0 Å². The van der Waals surface area contributed by atoms with E-state index < -0.39 is 75.6 Å². The first kappa shape index (κ1) is 22.6. The number of aromatic hydroxyl groups is 1. The number of likely N-dealkylation sites (N-methyl/N-ethyl adjacent to an activating group) is 1. The second-order valence-electron chi connectivity index (χ2n) is 8.94. The van der Waals surface area contributed by atoms with Crippen LogP contribution in [0, 0.1) is 16.7 Å². The lowest BCUT2D eigenvalue weighted by molar-refractivity contribution is -0.551. The van der Waals surface area contributed by atoms with Crippen molar-refractivity contribution in [2.24, 2.45) is 17.6 Å². The van der Waals surface area contributed by atoms with Crippen molar-refractivity contribution in [1.29, 1.82) is 0 Å². The summed E-state index contributed by atoms with van der Waals surface area (Å²) in [5.74, 6) is -8.86. The summed E-state index contributed by atoms with van der Waals surface area (Å²) in [5, 5.41) is 45.6. The van der Waals surface area contributed by atoms with E-state index in [1.807, 2.05) is 5.18 Å². The number of aliphatic hydroxyl groups excluding tert-OH is 2. The fourth-order valence-corrected chi connectivity index (χ4v) is 5.77. The standard InChI is InChI=1S/C22H23N3O8/c1-7-8-5-4-6-9(26)11(8)17(27)12-10(7)15(24-33)14-16(25(2)3)18(28)13(21(23)31)20(30)22(14,32)19(12)29/h4-7,10,14-16,26-27,30,32H,1-3H3,(H2,23,31)/p+1/t7-,10+,14-,15-,16-,22-/m0/s1. The molecule has 0 aliphatic heterocycles. The number of ketones is 2. The zero-order valence-electron chi connectivity index (χ0n) is 18.1. The summed E-state index contributed by atoms with van der Waals surface area (Å²) in [5.41, 5.74) is 1.45. The molecule has 3 aliphatic rings. The molecule has 6 atom stereocenters. The average molecular weight is 458 g/mol. The van der Waals surface area contributed by atoms with E-state index in [0.717, 1.165) is 0 Å². The Kier molecular flexibility index (Phi) is 4.95. The zero-order chi connectivity index (χ0) is 24.6. The van der Waals surface area contributed by atoms with Gasteiger partial charge in [0.05, 0.1) is 29.0 Å². The number of benzene rings is 1. The van der Waals surface area contributed by atoms with Crippen LogP contribution in [0.25, 0.3) is 5.76 Å². The van der Waals surface area contributed by atoms with Gasteiger partial charge in [-0.2, -0.15) is 0 Å². The first-order valence-electron chi connectivity index (χ1n) is 10.3. The SMILES string of the molecule is C[C@H]1c2cccc(O)c2C(O)=C2C(=O)[C@]3(O)C(O)=C(C(N)=O)C(=O)[C@@H](N(C)C)[C@@H]3[C@@H]([NH+]=O)[C@@H]21. The summed E-state index contributed by atoms with van der Waals surface area (Å²) in [6.07, 6.45) is 0. The van der Waals surface area contributed by atoms with Crippen LogP contribution in [0.5, 0.6) is 5.75 Å². The molecule has 7 N–H and O–H groups in total. The third-order valence-corrected chi connectivity index (χ3v) is 7.17. The molecule has 0 unspecified atom stereocenters. The van der Waals surface area contributed by atoms with E-state index in [-0.39, 0.29) is 11.3 Å². The normalized spacial score (nSPS) is 33.5. The monoisotopic (exact) mass is 458 g/mol. The molecule has 0 spiro atoms. The number of hydrogen-bond acceptors (Lipinski definition) is 9. The molecule has 1 saturated carbocycles. The smallest absolute Gasteiger partial charge is 0.255 e. The third-order valence-electron chi connectivity index (χ3n) is 7.17. The molecule has 33 heavy (non-hydrogen) atoms. The first-order chi connectivity index (χ1) is 15.4. The Hall–Kier alpha value is -3.57. The molecule has 1 amide bonds. The number of primary amides is 1. The summed E-state index contributed by atoms with van der Waals surface area (Å²) in [7, 11) is 2.91. The lowest BCUT2D eigenvalue weighted by Gasteiger charge is -2.51. The van der Waals surface area contributed by atoms with Crippen LogP contribution >= 0.6 is 0 Å². The highest BCUT2D eigenvalue weighted by molar-refractivity contribution is 6.24. The number of carbonyl (C=O) groups is 3. The minimum absolute atomic E-state index is 0.0362. The first-order valence-corrected chi connectivity index (χ1v) is 10.3. The molecule has 174 valence electrons. The van der Waals surface area contributed by atoms with Gasteiger partial charge in [0.25, 0.3) is 5.91 Å². The Labute approximate surface area is 187 Å². The molecule has 0 aromatic heterocycles. The number of hydrogen-bond donors (Lipinski definition) is 6. The molecule has 0 heterocycles. The molecular formula is C22H24N3O8+. The Morgan fingerprint density at radius 3 is 2.36 bits per heavy atom. The van der Waals surface area contributed by atoms with Crippen LogP contribution in [0.3, 0.4) is 0 Å². The number of nitrogens with two attached hydrogens (primary N) is 1. The number of amides is 1. The molecule has 4 rings (SSSR count). The highest BCUT2D eigenvalue weighted by Crippen LogP contribution is 2.55. The van der Waals surface area contributed by atoms with E-state index in [0.29, 0.717) is 5.56 Å². The van der Waals surface area contributed by atoms with E-state index >= 15 is 0 Å². The maximum atomic E-state index is 13.8. The van der Waals surface area contributed by atoms with Gasteiger partial charge in [0.1, 0.15) is 22.8 Å². The van der Waals surface area contributed by atoms with Gasteiger partial charge < -0.3 is 26.2 Å². The molecule has 3 aliphatic carbocycles. The van der Waals surface area contributed by atoms with Crippen molar-refractivity contribution in [3.8, 4) is 5.75 Å². The number of nitrogens with zero attached hydrogens (tertiary/aromatic N) is 1. The van der Waals surface area contributed by atoms with Gasteiger partial charge in [0.2, 0.25) is 11.8 Å².